The predicted octanol–water partition coefficient (Wildman–Crippen LogP) is 3.85. The van der Waals surface area contributed by atoms with Crippen LogP contribution in [-0.4, -0.2) is 37.3 Å². The molecule has 1 aliphatic rings. The fourth-order valence-corrected chi connectivity index (χ4v) is 3.95. The van der Waals surface area contributed by atoms with Crippen LogP contribution in [0.3, 0.4) is 0 Å². The molecular weight excluding hydrogens is 381 g/mol. The minimum atomic E-state index is -0.600. The molecule has 3 aromatic rings. The van der Waals surface area contributed by atoms with Gasteiger partial charge in [0.05, 0.1) is 23.6 Å². The van der Waals surface area contributed by atoms with Crippen LogP contribution in [0.2, 0.25) is 0 Å². The second-order valence-electron chi connectivity index (χ2n) is 6.48. The number of hydrogen-bond acceptors (Lipinski definition) is 5. The Bertz CT molecular complexity index is 1110. The van der Waals surface area contributed by atoms with Gasteiger partial charge >= 0.3 is 0 Å². The van der Waals surface area contributed by atoms with Crippen molar-refractivity contribution in [3.05, 3.63) is 75.4 Å². The molecule has 0 radical (unpaired) electrons. The summed E-state index contributed by atoms with van der Waals surface area (Å²) < 4.78 is 24.6. The molecule has 2 aromatic carbocycles. The van der Waals surface area contributed by atoms with Crippen LogP contribution in [0.4, 0.5) is 4.39 Å². The molecular formula is C21H18FNO4S. The number of hydrogen-bond donors (Lipinski definition) is 0. The van der Waals surface area contributed by atoms with Gasteiger partial charge in [0, 0.05) is 18.6 Å². The standard InChI is InChI=1S/C21H18FNO4S/c1-26-10-9-23-18(12-3-6-14(28-2)7-4-12)17-19(24)15-11-13(22)5-8-16(15)27-20(17)21(23)25/h3-8,11,18H,9-10H2,1-2H3. The highest BCUT2D eigenvalue weighted by Gasteiger charge is 2.42. The predicted molar refractivity (Wildman–Crippen MR) is 105 cm³/mol. The molecule has 1 atom stereocenters. The van der Waals surface area contributed by atoms with E-state index in [1.165, 1.54) is 12.1 Å². The monoisotopic (exact) mass is 399 g/mol. The number of thioether (sulfide) groups is 1. The number of rotatable bonds is 5. The summed E-state index contributed by atoms with van der Waals surface area (Å²) in [6.07, 6.45) is 1.98. The van der Waals surface area contributed by atoms with E-state index in [1.807, 2.05) is 30.5 Å². The van der Waals surface area contributed by atoms with Crippen LogP contribution in [0.25, 0.3) is 11.0 Å². The second kappa shape index (κ2) is 7.41. The summed E-state index contributed by atoms with van der Waals surface area (Å²) in [6.45, 7) is 0.625. The summed E-state index contributed by atoms with van der Waals surface area (Å²) >= 11 is 1.61. The Morgan fingerprint density at radius 3 is 2.61 bits per heavy atom. The first kappa shape index (κ1) is 18.7. The number of ether oxygens (including phenoxy) is 1. The number of methoxy groups -OCH3 is 1. The van der Waals surface area contributed by atoms with E-state index in [0.29, 0.717) is 13.2 Å². The second-order valence-corrected chi connectivity index (χ2v) is 7.36. The first-order chi connectivity index (χ1) is 13.5. The molecule has 1 unspecified atom stereocenters. The maximum atomic E-state index is 13.7. The maximum Gasteiger partial charge on any atom is 0.290 e. The first-order valence-electron chi connectivity index (χ1n) is 8.75. The summed E-state index contributed by atoms with van der Waals surface area (Å²) in [4.78, 5) is 28.9. The van der Waals surface area contributed by atoms with E-state index in [0.717, 1.165) is 16.5 Å². The Hall–Kier alpha value is -2.64. The third-order valence-electron chi connectivity index (χ3n) is 4.90. The third kappa shape index (κ3) is 3.00. The zero-order chi connectivity index (χ0) is 19.8. The van der Waals surface area contributed by atoms with E-state index in [2.05, 4.69) is 0 Å². The van der Waals surface area contributed by atoms with Crippen molar-refractivity contribution < 1.29 is 18.3 Å². The molecule has 0 aliphatic carbocycles. The number of nitrogens with zero attached hydrogens (tertiary/aromatic N) is 1. The summed E-state index contributed by atoms with van der Waals surface area (Å²) in [5.41, 5.74) is 0.853. The summed E-state index contributed by atoms with van der Waals surface area (Å²) in [5.74, 6) is -0.880. The summed E-state index contributed by atoms with van der Waals surface area (Å²) in [5, 5.41) is 0.130. The Morgan fingerprint density at radius 1 is 1.18 bits per heavy atom. The molecule has 2 heterocycles. The van der Waals surface area contributed by atoms with Crippen LogP contribution < -0.4 is 5.43 Å². The SMILES string of the molecule is COCCN1C(=O)c2oc3ccc(F)cc3c(=O)c2C1c1ccc(SC)cc1. The lowest BCUT2D eigenvalue weighted by atomic mass is 9.98. The average Bonchev–Trinajstić information content (AvgIpc) is 2.99. The lowest BCUT2D eigenvalue weighted by molar-refractivity contribution is 0.0663. The molecule has 5 nitrogen and oxygen atoms in total. The molecule has 1 aliphatic heterocycles. The van der Waals surface area contributed by atoms with Crippen molar-refractivity contribution in [3.63, 3.8) is 0 Å². The van der Waals surface area contributed by atoms with Crippen molar-refractivity contribution in [2.45, 2.75) is 10.9 Å². The molecule has 7 heteroatoms. The van der Waals surface area contributed by atoms with Crippen molar-refractivity contribution in [1.82, 2.24) is 4.90 Å². The van der Waals surface area contributed by atoms with Crippen LogP contribution in [0, 0.1) is 5.82 Å². The van der Waals surface area contributed by atoms with Crippen LogP contribution in [0.1, 0.15) is 27.7 Å². The van der Waals surface area contributed by atoms with E-state index in [4.69, 9.17) is 9.15 Å². The number of carbonyl (C=O) groups is 1. The summed E-state index contributed by atoms with van der Waals surface area (Å²) in [7, 11) is 1.55. The quantitative estimate of drug-likeness (QED) is 0.610. The molecule has 0 N–H and O–H groups in total. The smallest absolute Gasteiger partial charge is 0.290 e. The zero-order valence-corrected chi connectivity index (χ0v) is 16.2. The molecule has 28 heavy (non-hydrogen) atoms. The molecule has 1 aromatic heterocycles. The summed E-state index contributed by atoms with van der Waals surface area (Å²) in [6, 6.07) is 10.8. The van der Waals surface area contributed by atoms with Crippen molar-refractivity contribution >= 4 is 28.6 Å². The number of amides is 1. The first-order valence-corrected chi connectivity index (χ1v) is 9.97. The lowest BCUT2D eigenvalue weighted by Gasteiger charge is -2.24. The maximum absolute atomic E-state index is 13.7. The van der Waals surface area contributed by atoms with Crippen LogP contribution >= 0.6 is 11.8 Å². The van der Waals surface area contributed by atoms with Crippen molar-refractivity contribution in [1.29, 1.82) is 0 Å². The highest BCUT2D eigenvalue weighted by Crippen LogP contribution is 2.38. The molecule has 0 saturated carbocycles. The van der Waals surface area contributed by atoms with Gasteiger partial charge in [0.25, 0.3) is 5.91 Å². The van der Waals surface area contributed by atoms with Crippen LogP contribution in [-0.2, 0) is 4.74 Å². The molecule has 1 amide bonds. The fraction of sp³-hybridized carbons (Fsp3) is 0.238. The Balaban J connectivity index is 1.94. The van der Waals surface area contributed by atoms with Gasteiger partial charge in [-0.3, -0.25) is 9.59 Å². The molecule has 4 rings (SSSR count). The zero-order valence-electron chi connectivity index (χ0n) is 15.4. The molecule has 144 valence electrons. The van der Waals surface area contributed by atoms with E-state index >= 15 is 0 Å². The molecule has 0 fully saturated rings. The lowest BCUT2D eigenvalue weighted by Crippen LogP contribution is -2.32. The normalized spacial score (nSPS) is 16.0. The highest BCUT2D eigenvalue weighted by molar-refractivity contribution is 7.98. The van der Waals surface area contributed by atoms with Gasteiger partial charge in [-0.05, 0) is 42.2 Å². The minimum Gasteiger partial charge on any atom is -0.450 e. The van der Waals surface area contributed by atoms with Crippen molar-refractivity contribution in [2.75, 3.05) is 26.5 Å². The van der Waals surface area contributed by atoms with Crippen molar-refractivity contribution in [3.8, 4) is 0 Å². The largest absolute Gasteiger partial charge is 0.450 e. The Morgan fingerprint density at radius 2 is 1.93 bits per heavy atom. The van der Waals surface area contributed by atoms with E-state index in [9.17, 15) is 14.0 Å². The number of fused-ring (bicyclic) bond motifs is 2. The van der Waals surface area contributed by atoms with E-state index in [-0.39, 0.29) is 33.6 Å². The van der Waals surface area contributed by atoms with Gasteiger partial charge in [0.2, 0.25) is 5.76 Å². The van der Waals surface area contributed by atoms with Gasteiger partial charge in [-0.1, -0.05) is 12.1 Å². The van der Waals surface area contributed by atoms with Crippen LogP contribution in [0.5, 0.6) is 0 Å². The molecule has 0 spiro atoms. The van der Waals surface area contributed by atoms with Gasteiger partial charge in [0.1, 0.15) is 11.4 Å². The molecule has 0 bridgehead atoms. The number of halogens is 1. The Labute approximate surface area is 165 Å². The third-order valence-corrected chi connectivity index (χ3v) is 5.64. The highest BCUT2D eigenvalue weighted by atomic mass is 32.2. The fourth-order valence-electron chi connectivity index (χ4n) is 3.55. The van der Waals surface area contributed by atoms with Gasteiger partial charge < -0.3 is 14.1 Å². The van der Waals surface area contributed by atoms with Crippen LogP contribution in [0.15, 0.2) is 56.6 Å². The Kier molecular flexibility index (Phi) is 4.95. The van der Waals surface area contributed by atoms with Gasteiger partial charge in [-0.25, -0.2) is 4.39 Å². The molecule has 0 saturated heterocycles. The number of carbonyl (C=O) groups excluding carboxylic acids is 1. The average molecular weight is 399 g/mol. The minimum absolute atomic E-state index is 0.0131. The van der Waals surface area contributed by atoms with Gasteiger partial charge in [0.15, 0.2) is 5.43 Å². The van der Waals surface area contributed by atoms with Crippen molar-refractivity contribution in [2.24, 2.45) is 0 Å². The number of benzene rings is 2. The van der Waals surface area contributed by atoms with Gasteiger partial charge in [-0.2, -0.15) is 0 Å². The topological polar surface area (TPSA) is 59.8 Å². The van der Waals surface area contributed by atoms with E-state index in [1.54, 1.807) is 23.8 Å². The van der Waals surface area contributed by atoms with E-state index < -0.39 is 11.9 Å². The van der Waals surface area contributed by atoms with Gasteiger partial charge in [-0.15, -0.1) is 11.8 Å².